The summed E-state index contributed by atoms with van der Waals surface area (Å²) in [5, 5.41) is 0. The highest BCUT2D eigenvalue weighted by Gasteiger charge is 2.13. The van der Waals surface area contributed by atoms with Gasteiger partial charge in [0.15, 0.2) is 0 Å². The molecule has 0 radical (unpaired) electrons. The number of ether oxygens (including phenoxy) is 4. The first-order valence-corrected chi connectivity index (χ1v) is 11.0. The maximum absolute atomic E-state index is 10.2. The summed E-state index contributed by atoms with van der Waals surface area (Å²) in [7, 11) is 2.64. The molecule has 0 saturated carbocycles. The zero-order valence-corrected chi connectivity index (χ0v) is 23.0. The molecule has 0 aromatic heterocycles. The largest absolute Gasteiger partial charge is 0.466 e. The van der Waals surface area contributed by atoms with Crippen LogP contribution in [-0.4, -0.2) is 44.8 Å². The lowest BCUT2D eigenvalue weighted by Gasteiger charge is -1.91. The van der Waals surface area contributed by atoms with E-state index in [2.05, 4.69) is 67.9 Å². The number of benzene rings is 1. The Morgan fingerprint density at radius 1 is 1.00 bits per heavy atom. The summed E-state index contributed by atoms with van der Waals surface area (Å²) in [6.45, 7) is 27.0. The third kappa shape index (κ3) is 44.0. The Morgan fingerprint density at radius 2 is 1.44 bits per heavy atom. The first-order chi connectivity index (χ1) is 16.9. The molecule has 1 aliphatic rings. The molecule has 0 bridgehead atoms. The number of rotatable bonds is 5. The Kier molecular flexibility index (Phi) is 32.2. The fourth-order valence-corrected chi connectivity index (χ4v) is 1.06. The summed E-state index contributed by atoms with van der Waals surface area (Å²) in [6, 6.07) is 10.0. The lowest BCUT2D eigenvalue weighted by Crippen LogP contribution is -1.98. The fourth-order valence-electron chi connectivity index (χ4n) is 1.06. The molecule has 7 nitrogen and oxygen atoms in total. The zero-order valence-electron chi connectivity index (χ0n) is 23.0. The van der Waals surface area contributed by atoms with Crippen LogP contribution >= 0.6 is 0 Å². The topological polar surface area (TPSA) is 91.4 Å². The van der Waals surface area contributed by atoms with Crippen LogP contribution in [0, 0.1) is 5.92 Å². The summed E-state index contributed by atoms with van der Waals surface area (Å²) < 4.78 is 17.3. The standard InChI is InChI=1S/C8H8.C5H8O2.C5H10.2C4H6O2.C3H6O/c1-2-8-6-4-3-5-7-8;1-4(2)5(6)7-3;1-4-5(2)3;1-3-4(5)6-2;1-3-6-4(2)5;1-3-2-4-3/h2-7H,1H2;1H2,2-3H3;4-5H,1H2,2-3H3;2*3H,1H2,2H3;3H,2H2,1H3. The van der Waals surface area contributed by atoms with Crippen molar-refractivity contribution in [3.63, 3.8) is 0 Å². The smallest absolute Gasteiger partial charge is 0.332 e. The Morgan fingerprint density at radius 3 is 1.53 bits per heavy atom. The number of carbonyl (C=O) groups is 3. The van der Waals surface area contributed by atoms with Gasteiger partial charge in [-0.1, -0.05) is 82.6 Å². The van der Waals surface area contributed by atoms with Crippen molar-refractivity contribution in [1.82, 2.24) is 0 Å². The van der Waals surface area contributed by atoms with Crippen LogP contribution in [0.3, 0.4) is 0 Å². The van der Waals surface area contributed by atoms with E-state index < -0.39 is 5.97 Å². The van der Waals surface area contributed by atoms with E-state index in [1.807, 2.05) is 42.5 Å². The summed E-state index contributed by atoms with van der Waals surface area (Å²) in [4.78, 5) is 29.8. The van der Waals surface area contributed by atoms with Crippen LogP contribution in [0.1, 0.15) is 40.2 Å². The van der Waals surface area contributed by atoms with Crippen LogP contribution in [0.15, 0.2) is 87.2 Å². The number of allylic oxidation sites excluding steroid dienone is 1. The van der Waals surface area contributed by atoms with Gasteiger partial charge in [-0.3, -0.25) is 4.79 Å². The third-order valence-electron chi connectivity index (χ3n) is 3.16. The van der Waals surface area contributed by atoms with E-state index in [1.54, 1.807) is 6.92 Å². The maximum atomic E-state index is 10.2. The number of epoxide rings is 1. The third-order valence-corrected chi connectivity index (χ3v) is 3.16. The van der Waals surface area contributed by atoms with E-state index in [0.717, 1.165) is 18.9 Å². The molecule has 202 valence electrons. The Bertz CT molecular complexity index is 761. The fraction of sp³-hybridized carbons (Fsp3) is 0.345. The minimum atomic E-state index is -0.394. The molecule has 0 aliphatic carbocycles. The van der Waals surface area contributed by atoms with Gasteiger partial charge in [0.05, 0.1) is 33.2 Å². The summed E-state index contributed by atoms with van der Waals surface area (Å²) in [6.07, 6.45) is 6.54. The normalized spacial score (nSPS) is 11.3. The van der Waals surface area contributed by atoms with E-state index in [0.29, 0.717) is 17.6 Å². The first kappa shape index (κ1) is 39.5. The predicted molar refractivity (Wildman–Crippen MR) is 148 cm³/mol. The molecule has 7 heteroatoms. The predicted octanol–water partition coefficient (Wildman–Crippen LogP) is 6.34. The van der Waals surface area contributed by atoms with Crippen molar-refractivity contribution in [2.75, 3.05) is 20.8 Å². The van der Waals surface area contributed by atoms with Crippen molar-refractivity contribution in [3.8, 4) is 0 Å². The molecular formula is C29H44O7. The molecule has 0 amide bonds. The van der Waals surface area contributed by atoms with Gasteiger partial charge in [0.25, 0.3) is 0 Å². The lowest BCUT2D eigenvalue weighted by molar-refractivity contribution is -0.136. The molecular weight excluding hydrogens is 460 g/mol. The molecule has 1 aromatic carbocycles. The van der Waals surface area contributed by atoms with E-state index >= 15 is 0 Å². The van der Waals surface area contributed by atoms with Crippen molar-refractivity contribution in [3.05, 3.63) is 92.8 Å². The Balaban J connectivity index is -0.000000173. The molecule has 0 spiro atoms. The Hall–Kier alpha value is -3.71. The first-order valence-electron chi connectivity index (χ1n) is 11.0. The van der Waals surface area contributed by atoms with E-state index in [1.165, 1.54) is 26.7 Å². The molecule has 1 unspecified atom stereocenters. The number of carbonyl (C=O) groups excluding carboxylic acids is 3. The monoisotopic (exact) mass is 504 g/mol. The van der Waals surface area contributed by atoms with Crippen LogP contribution in [0.2, 0.25) is 0 Å². The van der Waals surface area contributed by atoms with Crippen molar-refractivity contribution >= 4 is 24.0 Å². The van der Waals surface area contributed by atoms with Crippen LogP contribution in [0.25, 0.3) is 6.08 Å². The van der Waals surface area contributed by atoms with Crippen LogP contribution in [-0.2, 0) is 33.3 Å². The summed E-state index contributed by atoms with van der Waals surface area (Å²) in [5.41, 5.74) is 1.61. The zero-order chi connectivity index (χ0) is 28.9. The highest BCUT2D eigenvalue weighted by Crippen LogP contribution is 2.04. The summed E-state index contributed by atoms with van der Waals surface area (Å²) in [5.74, 6) is -0.421. The van der Waals surface area contributed by atoms with Gasteiger partial charge in [-0.05, 0) is 25.3 Å². The van der Waals surface area contributed by atoms with Gasteiger partial charge in [0.2, 0.25) is 0 Å². The van der Waals surface area contributed by atoms with Gasteiger partial charge < -0.3 is 18.9 Å². The molecule has 1 saturated heterocycles. The van der Waals surface area contributed by atoms with Gasteiger partial charge in [0.1, 0.15) is 0 Å². The lowest BCUT2D eigenvalue weighted by atomic mass is 10.2. The molecule has 0 N–H and O–H groups in total. The van der Waals surface area contributed by atoms with Crippen molar-refractivity contribution in [1.29, 1.82) is 0 Å². The van der Waals surface area contributed by atoms with Gasteiger partial charge in [-0.25, -0.2) is 9.59 Å². The average molecular weight is 505 g/mol. The highest BCUT2D eigenvalue weighted by molar-refractivity contribution is 5.86. The van der Waals surface area contributed by atoms with Crippen molar-refractivity contribution in [2.24, 2.45) is 5.92 Å². The minimum Gasteiger partial charge on any atom is -0.466 e. The van der Waals surface area contributed by atoms with Crippen molar-refractivity contribution in [2.45, 2.75) is 40.7 Å². The van der Waals surface area contributed by atoms with E-state index in [4.69, 9.17) is 4.74 Å². The maximum Gasteiger partial charge on any atom is 0.332 e. The second-order valence-electron chi connectivity index (χ2n) is 7.01. The number of hydrogen-bond acceptors (Lipinski definition) is 7. The molecule has 1 fully saturated rings. The van der Waals surface area contributed by atoms with E-state index in [-0.39, 0.29) is 11.9 Å². The van der Waals surface area contributed by atoms with Crippen LogP contribution in [0.5, 0.6) is 0 Å². The molecule has 1 aromatic rings. The molecule has 1 aliphatic heterocycles. The van der Waals surface area contributed by atoms with Gasteiger partial charge in [-0.15, -0.1) is 6.58 Å². The molecule has 1 heterocycles. The highest BCUT2D eigenvalue weighted by atomic mass is 16.6. The SMILES string of the molecule is C=C(C)C(=O)OC.C=CC(=O)OC.C=CC(C)C.C=COC(C)=O.C=Cc1ccccc1.CC1CO1. The second kappa shape index (κ2) is 29.3. The van der Waals surface area contributed by atoms with Gasteiger partial charge in [0, 0.05) is 18.6 Å². The van der Waals surface area contributed by atoms with E-state index in [9.17, 15) is 14.4 Å². The Labute approximate surface area is 217 Å². The number of esters is 3. The molecule has 2 rings (SSSR count). The number of hydrogen-bond donors (Lipinski definition) is 0. The quantitative estimate of drug-likeness (QED) is 0.115. The van der Waals surface area contributed by atoms with Crippen LogP contribution < -0.4 is 0 Å². The average Bonchev–Trinajstić information content (AvgIpc) is 3.67. The number of methoxy groups -OCH3 is 2. The molecule has 36 heavy (non-hydrogen) atoms. The second-order valence-corrected chi connectivity index (χ2v) is 7.01. The van der Waals surface area contributed by atoms with Crippen LogP contribution in [0.4, 0.5) is 0 Å². The van der Waals surface area contributed by atoms with Crippen molar-refractivity contribution < 1.29 is 33.3 Å². The summed E-state index contributed by atoms with van der Waals surface area (Å²) >= 11 is 0. The minimum absolute atomic E-state index is 0.329. The van der Waals surface area contributed by atoms with Gasteiger partial charge in [-0.2, -0.15) is 0 Å². The van der Waals surface area contributed by atoms with Gasteiger partial charge >= 0.3 is 17.9 Å². The molecule has 1 atom stereocenters.